The summed E-state index contributed by atoms with van der Waals surface area (Å²) >= 11 is 0. The van der Waals surface area contributed by atoms with E-state index in [0.29, 0.717) is 35.0 Å². The van der Waals surface area contributed by atoms with Crippen molar-refractivity contribution in [3.8, 4) is 17.0 Å². The summed E-state index contributed by atoms with van der Waals surface area (Å²) < 4.78 is 38.8. The second-order valence-electron chi connectivity index (χ2n) is 6.95. The number of rotatable bonds is 5. The van der Waals surface area contributed by atoms with E-state index in [1.54, 1.807) is 42.7 Å². The second-order valence-corrected chi connectivity index (χ2v) is 8.97. The summed E-state index contributed by atoms with van der Waals surface area (Å²) in [5, 5.41) is 12.7. The zero-order valence-corrected chi connectivity index (χ0v) is 17.1. The Bertz CT molecular complexity index is 1350. The van der Waals surface area contributed by atoms with E-state index in [2.05, 4.69) is 15.3 Å². The fourth-order valence-corrected chi connectivity index (χ4v) is 3.89. The number of nitrogens with zero attached hydrogens (tertiary/aromatic N) is 3. The molecule has 0 saturated heterocycles. The number of imidazole rings is 1. The van der Waals surface area contributed by atoms with Gasteiger partial charge >= 0.3 is 0 Å². The molecule has 4 aromatic rings. The lowest BCUT2D eigenvalue weighted by Gasteiger charge is -2.09. The lowest BCUT2D eigenvalue weighted by atomic mass is 10.1. The zero-order valence-electron chi connectivity index (χ0n) is 16.3. The number of fused-ring (bicyclic) bond motifs is 1. The molecule has 0 aliphatic rings. The van der Waals surface area contributed by atoms with Crippen molar-refractivity contribution in [1.82, 2.24) is 14.4 Å². The van der Waals surface area contributed by atoms with Gasteiger partial charge in [0.2, 0.25) is 0 Å². The van der Waals surface area contributed by atoms with E-state index < -0.39 is 21.4 Å². The first-order chi connectivity index (χ1) is 14.2. The van der Waals surface area contributed by atoms with Gasteiger partial charge < -0.3 is 10.4 Å². The molecule has 2 heterocycles. The van der Waals surface area contributed by atoms with Gasteiger partial charge in [-0.1, -0.05) is 12.1 Å². The van der Waals surface area contributed by atoms with Crippen molar-refractivity contribution < 1.29 is 17.9 Å². The largest absolute Gasteiger partial charge is 0.505 e. The molecule has 9 heteroatoms. The van der Waals surface area contributed by atoms with Crippen molar-refractivity contribution in [2.75, 3.05) is 11.6 Å². The van der Waals surface area contributed by atoms with Crippen LogP contribution >= 0.6 is 0 Å². The van der Waals surface area contributed by atoms with Crippen LogP contribution in [0.4, 0.5) is 10.2 Å². The number of hydrogen-bond donors (Lipinski definition) is 2. The van der Waals surface area contributed by atoms with Gasteiger partial charge in [0.25, 0.3) is 0 Å². The first kappa shape index (κ1) is 19.8. The van der Waals surface area contributed by atoms with Gasteiger partial charge in [0.15, 0.2) is 32.9 Å². The van der Waals surface area contributed by atoms with Crippen molar-refractivity contribution in [2.45, 2.75) is 18.4 Å². The van der Waals surface area contributed by atoms with Crippen LogP contribution in [-0.4, -0.2) is 34.1 Å². The second kappa shape index (κ2) is 7.42. The highest BCUT2D eigenvalue weighted by molar-refractivity contribution is 7.90. The van der Waals surface area contributed by atoms with E-state index in [9.17, 15) is 17.9 Å². The van der Waals surface area contributed by atoms with E-state index in [-0.39, 0.29) is 4.90 Å². The van der Waals surface area contributed by atoms with Crippen molar-refractivity contribution >= 4 is 21.3 Å². The van der Waals surface area contributed by atoms with E-state index in [0.717, 1.165) is 5.56 Å². The van der Waals surface area contributed by atoms with Crippen molar-refractivity contribution in [3.63, 3.8) is 0 Å². The number of benzene rings is 2. The van der Waals surface area contributed by atoms with Crippen LogP contribution in [0.25, 0.3) is 16.9 Å². The highest BCUT2D eigenvalue weighted by Crippen LogP contribution is 2.29. The summed E-state index contributed by atoms with van der Waals surface area (Å²) in [7, 11) is -3.24. The summed E-state index contributed by atoms with van der Waals surface area (Å²) in [5.74, 6) is -0.568. The normalized spacial score (nSPS) is 11.7. The Labute approximate surface area is 172 Å². The summed E-state index contributed by atoms with van der Waals surface area (Å²) in [6.45, 7) is 2.24. The van der Waals surface area contributed by atoms with Crippen LogP contribution < -0.4 is 5.32 Å². The third-order valence-electron chi connectivity index (χ3n) is 4.75. The Morgan fingerprint density at radius 1 is 1.17 bits per heavy atom. The van der Waals surface area contributed by atoms with Crippen molar-refractivity contribution in [1.29, 1.82) is 0 Å². The number of halogens is 1. The molecule has 0 radical (unpaired) electrons. The molecule has 0 atom stereocenters. The minimum Gasteiger partial charge on any atom is -0.505 e. The number of phenolic OH excluding ortho intramolecular Hbond substituents is 1. The standard InChI is InChI=1S/C21H19FN4O3S/c1-13-19(15-5-8-18(27)17(22)11-15)26-10-9-23-20(21(26)25-13)24-12-14-3-6-16(7-4-14)30(2,28)29/h3-11,27H,12H2,1-2H3,(H,23,24). The monoisotopic (exact) mass is 426 g/mol. The molecule has 0 fully saturated rings. The summed E-state index contributed by atoms with van der Waals surface area (Å²) in [6, 6.07) is 10.8. The summed E-state index contributed by atoms with van der Waals surface area (Å²) in [6.07, 6.45) is 4.52. The predicted molar refractivity (Wildman–Crippen MR) is 112 cm³/mol. The minimum absolute atomic E-state index is 0.265. The first-order valence-corrected chi connectivity index (χ1v) is 11.0. The molecular formula is C21H19FN4O3S. The Balaban J connectivity index is 1.65. The SMILES string of the molecule is Cc1nc2c(NCc3ccc(S(C)(=O)=O)cc3)nccn2c1-c1ccc(O)c(F)c1. The van der Waals surface area contributed by atoms with Crippen molar-refractivity contribution in [3.05, 3.63) is 71.9 Å². The fourth-order valence-electron chi connectivity index (χ4n) is 3.26. The van der Waals surface area contributed by atoms with Crippen LogP contribution in [0.2, 0.25) is 0 Å². The highest BCUT2D eigenvalue weighted by Gasteiger charge is 2.16. The average molecular weight is 426 g/mol. The van der Waals surface area contributed by atoms with Gasteiger partial charge in [-0.15, -0.1) is 0 Å². The maximum atomic E-state index is 13.9. The van der Waals surface area contributed by atoms with Gasteiger partial charge in [-0.25, -0.2) is 22.8 Å². The lowest BCUT2D eigenvalue weighted by Crippen LogP contribution is -2.04. The van der Waals surface area contributed by atoms with E-state index in [1.165, 1.54) is 18.4 Å². The molecule has 0 saturated carbocycles. The molecule has 2 aromatic carbocycles. The predicted octanol–water partition coefficient (Wildman–Crippen LogP) is 3.57. The Morgan fingerprint density at radius 2 is 1.90 bits per heavy atom. The molecule has 7 nitrogen and oxygen atoms in total. The smallest absolute Gasteiger partial charge is 0.180 e. The Kier molecular flexibility index (Phi) is 4.90. The molecule has 0 aliphatic heterocycles. The lowest BCUT2D eigenvalue weighted by molar-refractivity contribution is 0.432. The average Bonchev–Trinajstić information content (AvgIpc) is 3.04. The zero-order chi connectivity index (χ0) is 21.5. The van der Waals surface area contributed by atoms with Crippen molar-refractivity contribution in [2.24, 2.45) is 0 Å². The number of sulfone groups is 1. The van der Waals surface area contributed by atoms with Gasteiger partial charge in [-0.2, -0.15) is 0 Å². The number of aromatic nitrogens is 3. The molecule has 30 heavy (non-hydrogen) atoms. The van der Waals surface area contributed by atoms with Gasteiger partial charge in [-0.05, 0) is 42.8 Å². The highest BCUT2D eigenvalue weighted by atomic mass is 32.2. The number of phenols is 1. The number of aromatic hydroxyl groups is 1. The number of aryl methyl sites for hydroxylation is 1. The maximum Gasteiger partial charge on any atom is 0.180 e. The van der Waals surface area contributed by atoms with Gasteiger partial charge in [-0.3, -0.25) is 4.40 Å². The third-order valence-corrected chi connectivity index (χ3v) is 5.88. The van der Waals surface area contributed by atoms with Crippen LogP contribution in [0.15, 0.2) is 59.8 Å². The molecule has 4 rings (SSSR count). The molecule has 2 N–H and O–H groups in total. The van der Waals surface area contributed by atoms with E-state index in [1.807, 2.05) is 11.3 Å². The quantitative estimate of drug-likeness (QED) is 0.507. The van der Waals surface area contributed by atoms with E-state index in [4.69, 9.17) is 0 Å². The van der Waals surface area contributed by atoms with Gasteiger partial charge in [0, 0.05) is 30.8 Å². The molecule has 0 aliphatic carbocycles. The minimum atomic E-state index is -3.24. The molecule has 0 bridgehead atoms. The topological polar surface area (TPSA) is 96.6 Å². The molecular weight excluding hydrogens is 407 g/mol. The number of nitrogens with one attached hydrogen (secondary N) is 1. The Morgan fingerprint density at radius 3 is 2.57 bits per heavy atom. The van der Waals surface area contributed by atoms with Gasteiger partial charge in [0.05, 0.1) is 16.3 Å². The van der Waals surface area contributed by atoms with Crippen LogP contribution in [0.3, 0.4) is 0 Å². The molecule has 0 amide bonds. The number of hydrogen-bond acceptors (Lipinski definition) is 6. The van der Waals surface area contributed by atoms with Crippen LogP contribution in [0.5, 0.6) is 5.75 Å². The first-order valence-electron chi connectivity index (χ1n) is 9.09. The van der Waals surface area contributed by atoms with Crippen LogP contribution in [-0.2, 0) is 16.4 Å². The molecule has 0 spiro atoms. The summed E-state index contributed by atoms with van der Waals surface area (Å²) in [5.41, 5.74) is 3.44. The fraction of sp³-hybridized carbons (Fsp3) is 0.143. The van der Waals surface area contributed by atoms with Crippen LogP contribution in [0, 0.1) is 12.7 Å². The molecule has 2 aromatic heterocycles. The maximum absolute atomic E-state index is 13.9. The Hall–Kier alpha value is -3.46. The third kappa shape index (κ3) is 3.71. The van der Waals surface area contributed by atoms with Gasteiger partial charge in [0.1, 0.15) is 0 Å². The van der Waals surface area contributed by atoms with E-state index >= 15 is 0 Å². The molecule has 154 valence electrons. The number of anilines is 1. The molecule has 0 unspecified atom stereocenters. The summed E-state index contributed by atoms with van der Waals surface area (Å²) in [4.78, 5) is 9.19. The van der Waals surface area contributed by atoms with Crippen LogP contribution in [0.1, 0.15) is 11.3 Å².